The van der Waals surface area contributed by atoms with Gasteiger partial charge in [0.2, 0.25) is 27.2 Å². The van der Waals surface area contributed by atoms with Crippen LogP contribution in [0.1, 0.15) is 26.3 Å². The van der Waals surface area contributed by atoms with Gasteiger partial charge in [-0.1, -0.05) is 69.3 Å². The summed E-state index contributed by atoms with van der Waals surface area (Å²) in [5.74, 6) is 5.43. The molecule has 10 nitrogen and oxygen atoms in total. The molecule has 6 heterocycles. The van der Waals surface area contributed by atoms with Gasteiger partial charge in [-0.15, -0.1) is 0 Å². The van der Waals surface area contributed by atoms with Gasteiger partial charge in [0.1, 0.15) is 0 Å². The molecule has 6 aromatic rings. The summed E-state index contributed by atoms with van der Waals surface area (Å²) in [4.78, 5) is 4.54. The molecule has 12 rings (SSSR count). The first kappa shape index (κ1) is 30.8. The van der Waals surface area contributed by atoms with Gasteiger partial charge in [0, 0.05) is 11.4 Å². The predicted molar refractivity (Wildman–Crippen MR) is 209 cm³/mol. The van der Waals surface area contributed by atoms with Gasteiger partial charge in [-0.2, -0.15) is 0 Å². The molecule has 0 aliphatic carbocycles. The quantitative estimate of drug-likeness (QED) is 0.169. The molecular weight excluding hydrogens is 695 g/mol. The number of nitrogens with zero attached hydrogens (tertiary/aromatic N) is 2. The van der Waals surface area contributed by atoms with E-state index in [1.165, 1.54) is 5.56 Å². The van der Waals surface area contributed by atoms with E-state index in [0.29, 0.717) is 46.0 Å². The van der Waals surface area contributed by atoms with Crippen LogP contribution in [-0.4, -0.2) is 33.9 Å². The SMILES string of the molecule is CC(C)(C)c1ccc(-c2cc3c4c(c2)N(c2cccc5c2OCO5)c2c(ccc5c2OCO5)B4c2ccc4c(c2N3c2cccc3c2OCO3)OCO4)cc1. The van der Waals surface area contributed by atoms with Crippen molar-refractivity contribution in [1.29, 1.82) is 0 Å². The third-order valence-corrected chi connectivity index (χ3v) is 11.4. The van der Waals surface area contributed by atoms with Crippen LogP contribution in [0.5, 0.6) is 46.0 Å². The first-order valence-corrected chi connectivity index (χ1v) is 18.4. The molecular formula is C44H33BN2O8. The number of rotatable bonds is 3. The molecule has 0 fully saturated rings. The maximum absolute atomic E-state index is 6.37. The van der Waals surface area contributed by atoms with Crippen LogP contribution < -0.4 is 64.1 Å². The number of fused-ring (bicyclic) bond motifs is 10. The number of hydrogen-bond acceptors (Lipinski definition) is 10. The van der Waals surface area contributed by atoms with Crippen molar-refractivity contribution in [2.45, 2.75) is 26.2 Å². The zero-order chi connectivity index (χ0) is 36.6. The van der Waals surface area contributed by atoms with Gasteiger partial charge in [-0.05, 0) is 87.0 Å². The van der Waals surface area contributed by atoms with Gasteiger partial charge >= 0.3 is 0 Å². The summed E-state index contributed by atoms with van der Waals surface area (Å²) in [6, 6.07) is 33.8. The van der Waals surface area contributed by atoms with Crippen LogP contribution in [0.2, 0.25) is 0 Å². The topological polar surface area (TPSA) is 80.3 Å². The molecule has 0 aromatic heterocycles. The highest BCUT2D eigenvalue weighted by Crippen LogP contribution is 2.57. The highest BCUT2D eigenvalue weighted by Gasteiger charge is 2.49. The van der Waals surface area contributed by atoms with E-state index in [-0.39, 0.29) is 39.3 Å². The lowest BCUT2D eigenvalue weighted by Gasteiger charge is -2.44. The van der Waals surface area contributed by atoms with Gasteiger partial charge in [0.15, 0.2) is 46.0 Å². The summed E-state index contributed by atoms with van der Waals surface area (Å²) >= 11 is 0. The van der Waals surface area contributed by atoms with Crippen molar-refractivity contribution in [1.82, 2.24) is 0 Å². The fraction of sp³-hybridized carbons (Fsp3) is 0.182. The highest BCUT2D eigenvalue weighted by atomic mass is 16.7. The molecule has 0 radical (unpaired) electrons. The Morgan fingerprint density at radius 2 is 0.909 bits per heavy atom. The second-order valence-corrected chi connectivity index (χ2v) is 15.4. The maximum Gasteiger partial charge on any atom is 0.252 e. The van der Waals surface area contributed by atoms with Gasteiger partial charge in [0.05, 0.1) is 22.7 Å². The van der Waals surface area contributed by atoms with Gasteiger partial charge < -0.3 is 47.7 Å². The zero-order valence-corrected chi connectivity index (χ0v) is 30.3. The minimum atomic E-state index is -0.230. The minimum absolute atomic E-state index is 0.00499. The second-order valence-electron chi connectivity index (χ2n) is 15.4. The lowest BCUT2D eigenvalue weighted by molar-refractivity contribution is 0.173. The Bertz CT molecular complexity index is 2490. The fourth-order valence-corrected chi connectivity index (χ4v) is 8.89. The van der Waals surface area contributed by atoms with E-state index in [1.54, 1.807) is 0 Å². The Hall–Kier alpha value is -6.62. The van der Waals surface area contributed by atoms with Crippen LogP contribution in [0.4, 0.5) is 34.1 Å². The molecule has 0 saturated heterocycles. The Kier molecular flexibility index (Phi) is 6.15. The first-order chi connectivity index (χ1) is 26.9. The molecule has 6 aliphatic rings. The molecule has 0 bridgehead atoms. The standard InChI is InChI=1S/C44H33BN2O8/c1-44(2,3)26-12-10-24(11-13-26)25-18-31-37-32(19-25)47(30-7-5-9-34-41(30)53-21-49-34)39-28(15-17-36-43(39)55-23-51-36)45(37)27-14-16-35-42(54-22-50-35)38(27)46(31)29-6-4-8-33-40(29)52-20-48-33/h4-19H,20-23H2,1-3H3. The van der Waals surface area contributed by atoms with Crippen LogP contribution >= 0.6 is 0 Å². The van der Waals surface area contributed by atoms with Crippen LogP contribution in [-0.2, 0) is 5.41 Å². The van der Waals surface area contributed by atoms with Gasteiger partial charge in [-0.25, -0.2) is 0 Å². The molecule has 0 spiro atoms. The lowest BCUT2D eigenvalue weighted by Crippen LogP contribution is -2.61. The minimum Gasteiger partial charge on any atom is -0.454 e. The first-order valence-electron chi connectivity index (χ1n) is 18.4. The van der Waals surface area contributed by atoms with Crippen molar-refractivity contribution in [2.24, 2.45) is 0 Å². The fourth-order valence-electron chi connectivity index (χ4n) is 8.89. The van der Waals surface area contributed by atoms with Crippen LogP contribution in [0, 0.1) is 0 Å². The number of hydrogen-bond donors (Lipinski definition) is 0. The number of anilines is 6. The summed E-state index contributed by atoms with van der Waals surface area (Å²) in [5, 5.41) is 0. The van der Waals surface area contributed by atoms with Gasteiger partial charge in [-0.3, -0.25) is 0 Å². The number of ether oxygens (including phenoxy) is 8. The average Bonchev–Trinajstić information content (AvgIpc) is 4.04. The average molecular weight is 729 g/mol. The number of benzene rings is 6. The van der Waals surface area contributed by atoms with Crippen molar-refractivity contribution in [3.8, 4) is 57.1 Å². The monoisotopic (exact) mass is 728 g/mol. The van der Waals surface area contributed by atoms with E-state index in [2.05, 4.69) is 91.2 Å². The third-order valence-electron chi connectivity index (χ3n) is 11.4. The maximum atomic E-state index is 6.37. The Morgan fingerprint density at radius 1 is 0.455 bits per heavy atom. The van der Waals surface area contributed by atoms with E-state index in [4.69, 9.17) is 37.9 Å². The summed E-state index contributed by atoms with van der Waals surface area (Å²) in [6.45, 7) is 6.99. The second kappa shape index (κ2) is 11.0. The van der Waals surface area contributed by atoms with Crippen molar-refractivity contribution in [3.05, 3.63) is 103 Å². The summed E-state index contributed by atoms with van der Waals surface area (Å²) < 4.78 is 49.2. The van der Waals surface area contributed by atoms with Gasteiger partial charge in [0.25, 0.3) is 6.71 Å². The van der Waals surface area contributed by atoms with E-state index in [0.717, 1.165) is 61.6 Å². The highest BCUT2D eigenvalue weighted by molar-refractivity contribution is 7.00. The molecule has 270 valence electrons. The van der Waals surface area contributed by atoms with E-state index < -0.39 is 0 Å². The molecule has 0 amide bonds. The lowest BCUT2D eigenvalue weighted by atomic mass is 9.33. The molecule has 55 heavy (non-hydrogen) atoms. The normalized spacial score (nSPS) is 15.9. The third kappa shape index (κ3) is 4.26. The summed E-state index contributed by atoms with van der Waals surface area (Å²) in [5.41, 5.74) is 11.9. The molecule has 0 saturated carbocycles. The Balaban J connectivity index is 1.22. The Morgan fingerprint density at radius 3 is 1.38 bits per heavy atom. The molecule has 0 unspecified atom stereocenters. The van der Waals surface area contributed by atoms with E-state index >= 15 is 0 Å². The Labute approximate surface area is 317 Å². The summed E-state index contributed by atoms with van der Waals surface area (Å²) in [7, 11) is 0. The number of para-hydroxylation sites is 2. The van der Waals surface area contributed by atoms with Crippen molar-refractivity contribution in [2.75, 3.05) is 37.0 Å². The van der Waals surface area contributed by atoms with Crippen LogP contribution in [0.15, 0.2) is 97.1 Å². The molecule has 0 N–H and O–H groups in total. The zero-order valence-electron chi connectivity index (χ0n) is 30.3. The molecule has 0 atom stereocenters. The molecule has 6 aliphatic heterocycles. The van der Waals surface area contributed by atoms with Crippen molar-refractivity contribution in [3.63, 3.8) is 0 Å². The van der Waals surface area contributed by atoms with E-state index in [9.17, 15) is 0 Å². The molecule has 6 aromatic carbocycles. The van der Waals surface area contributed by atoms with Crippen LogP contribution in [0.25, 0.3) is 11.1 Å². The molecule has 11 heteroatoms. The van der Waals surface area contributed by atoms with Crippen LogP contribution in [0.3, 0.4) is 0 Å². The summed E-state index contributed by atoms with van der Waals surface area (Å²) in [6.07, 6.45) is 0. The van der Waals surface area contributed by atoms with Crippen molar-refractivity contribution >= 4 is 57.2 Å². The van der Waals surface area contributed by atoms with Crippen molar-refractivity contribution < 1.29 is 37.9 Å². The predicted octanol–water partition coefficient (Wildman–Crippen LogP) is 7.65. The van der Waals surface area contributed by atoms with E-state index in [1.807, 2.05) is 36.4 Å². The smallest absolute Gasteiger partial charge is 0.252 e. The largest absolute Gasteiger partial charge is 0.454 e.